The Morgan fingerprint density at radius 3 is 3.25 bits per heavy atom. The summed E-state index contributed by atoms with van der Waals surface area (Å²) in [5.41, 5.74) is 1.17. The second kappa shape index (κ2) is 2.89. The lowest BCUT2D eigenvalue weighted by molar-refractivity contribution is -0.118. The molecule has 1 heterocycles. The summed E-state index contributed by atoms with van der Waals surface area (Å²) in [7, 11) is 0. The fourth-order valence-corrected chi connectivity index (χ4v) is 1.41. The molecule has 0 aromatic rings. The first-order valence-electron chi connectivity index (χ1n) is 3.98. The van der Waals surface area contributed by atoms with Gasteiger partial charge in [-0.25, -0.2) is 4.99 Å². The van der Waals surface area contributed by atoms with Crippen molar-refractivity contribution >= 4 is 12.1 Å². The Morgan fingerprint density at radius 1 is 1.42 bits per heavy atom. The van der Waals surface area contributed by atoms with Crippen LogP contribution in [-0.4, -0.2) is 12.1 Å². The summed E-state index contributed by atoms with van der Waals surface area (Å²) in [6, 6.07) is 0. The molecular weight excluding hydrogens is 150 g/mol. The molecule has 0 aromatic heterocycles. The number of aliphatic imine (C=N–C) groups is 1. The van der Waals surface area contributed by atoms with Gasteiger partial charge in [-0.3, -0.25) is 4.79 Å². The molecule has 60 valence electrons. The molecular formula is C10H9NO. The highest BCUT2D eigenvalue weighted by atomic mass is 16.1. The maximum absolute atomic E-state index is 11.0. The van der Waals surface area contributed by atoms with Crippen molar-refractivity contribution in [2.24, 2.45) is 10.9 Å². The van der Waals surface area contributed by atoms with Gasteiger partial charge in [0.25, 0.3) is 0 Å². The number of fused-ring (bicyclic) bond motifs is 1. The van der Waals surface area contributed by atoms with E-state index in [4.69, 9.17) is 0 Å². The Hall–Kier alpha value is -1.44. The molecule has 12 heavy (non-hydrogen) atoms. The number of allylic oxidation sites excluding steroid dienone is 6. The lowest BCUT2D eigenvalue weighted by atomic mass is 9.92. The zero-order valence-electron chi connectivity index (χ0n) is 6.60. The van der Waals surface area contributed by atoms with Gasteiger partial charge in [-0.05, 0) is 11.6 Å². The molecule has 0 fully saturated rings. The van der Waals surface area contributed by atoms with Crippen LogP contribution in [0.2, 0.25) is 0 Å². The minimum atomic E-state index is -0.0359. The topological polar surface area (TPSA) is 29.4 Å². The molecule has 1 amide bonds. The lowest BCUT2D eigenvalue weighted by Gasteiger charge is -2.12. The largest absolute Gasteiger partial charge is 0.273 e. The predicted molar refractivity (Wildman–Crippen MR) is 48.0 cm³/mol. The van der Waals surface area contributed by atoms with Gasteiger partial charge < -0.3 is 0 Å². The van der Waals surface area contributed by atoms with Crippen molar-refractivity contribution in [3.05, 3.63) is 36.0 Å². The average molecular weight is 159 g/mol. The molecule has 2 aliphatic rings. The van der Waals surface area contributed by atoms with Crippen LogP contribution in [0.4, 0.5) is 0 Å². The first-order valence-corrected chi connectivity index (χ1v) is 3.98. The van der Waals surface area contributed by atoms with Crippen molar-refractivity contribution in [2.45, 2.75) is 6.42 Å². The lowest BCUT2D eigenvalue weighted by Crippen LogP contribution is -2.05. The van der Waals surface area contributed by atoms with E-state index < -0.39 is 0 Å². The van der Waals surface area contributed by atoms with Crippen LogP contribution in [0.3, 0.4) is 0 Å². The van der Waals surface area contributed by atoms with E-state index in [2.05, 4.69) is 4.99 Å². The van der Waals surface area contributed by atoms with Gasteiger partial charge in [-0.15, -0.1) is 0 Å². The molecule has 0 aromatic carbocycles. The van der Waals surface area contributed by atoms with E-state index in [9.17, 15) is 4.79 Å². The van der Waals surface area contributed by atoms with Crippen LogP contribution in [0.15, 0.2) is 40.9 Å². The molecule has 0 N–H and O–H groups in total. The van der Waals surface area contributed by atoms with Crippen LogP contribution in [0.25, 0.3) is 0 Å². The molecule has 2 nitrogen and oxygen atoms in total. The van der Waals surface area contributed by atoms with Crippen LogP contribution < -0.4 is 0 Å². The molecule has 0 radical (unpaired) electrons. The predicted octanol–water partition coefficient (Wildman–Crippen LogP) is 1.66. The van der Waals surface area contributed by atoms with E-state index in [0.29, 0.717) is 6.42 Å². The van der Waals surface area contributed by atoms with E-state index in [1.807, 2.05) is 30.4 Å². The maximum atomic E-state index is 11.0. The molecule has 2 rings (SSSR count). The van der Waals surface area contributed by atoms with Crippen LogP contribution in [0.1, 0.15) is 6.42 Å². The van der Waals surface area contributed by atoms with E-state index in [0.717, 1.165) is 0 Å². The monoisotopic (exact) mass is 159 g/mol. The maximum Gasteiger partial charge on any atom is 0.246 e. The van der Waals surface area contributed by atoms with Crippen LogP contribution in [0, 0.1) is 5.92 Å². The quantitative estimate of drug-likeness (QED) is 0.528. The summed E-state index contributed by atoms with van der Waals surface area (Å²) in [4.78, 5) is 14.8. The molecule has 1 aliphatic heterocycles. The second-order valence-electron chi connectivity index (χ2n) is 2.89. The number of nitrogens with zero attached hydrogens (tertiary/aromatic N) is 1. The van der Waals surface area contributed by atoms with Gasteiger partial charge in [0.2, 0.25) is 5.91 Å². The average Bonchev–Trinajstić information content (AvgIpc) is 2.25. The summed E-state index contributed by atoms with van der Waals surface area (Å²) < 4.78 is 0. The van der Waals surface area contributed by atoms with Crippen LogP contribution >= 0.6 is 0 Å². The number of carbonyl (C=O) groups excluding carboxylic acids is 1. The number of rotatable bonds is 0. The normalized spacial score (nSPS) is 26.5. The molecule has 2 heteroatoms. The van der Waals surface area contributed by atoms with Gasteiger partial charge in [0.05, 0.1) is 0 Å². The molecule has 0 saturated carbocycles. The van der Waals surface area contributed by atoms with Gasteiger partial charge in [-0.1, -0.05) is 24.3 Å². The molecule has 0 saturated heterocycles. The number of carbonyl (C=O) groups is 1. The van der Waals surface area contributed by atoms with Crippen molar-refractivity contribution in [2.75, 3.05) is 0 Å². The third-order valence-corrected chi connectivity index (χ3v) is 2.05. The molecule has 1 aliphatic carbocycles. The third-order valence-electron chi connectivity index (χ3n) is 2.05. The Bertz CT molecular complexity index is 321. The second-order valence-corrected chi connectivity index (χ2v) is 2.89. The Labute approximate surface area is 71.0 Å². The van der Waals surface area contributed by atoms with Crippen LogP contribution in [0.5, 0.6) is 0 Å². The van der Waals surface area contributed by atoms with Gasteiger partial charge in [0.15, 0.2) is 0 Å². The SMILES string of the molecule is O=C1CC2C=CC=CC2=CC=N1. The molecule has 1 unspecified atom stereocenters. The highest BCUT2D eigenvalue weighted by Crippen LogP contribution is 2.23. The summed E-state index contributed by atoms with van der Waals surface area (Å²) in [5.74, 6) is 0.205. The highest BCUT2D eigenvalue weighted by molar-refractivity contribution is 5.91. The van der Waals surface area contributed by atoms with Gasteiger partial charge >= 0.3 is 0 Å². The first kappa shape index (κ1) is 7.22. The summed E-state index contributed by atoms with van der Waals surface area (Å²) >= 11 is 0. The Balaban J connectivity index is 2.31. The summed E-state index contributed by atoms with van der Waals surface area (Å²) in [5, 5.41) is 0. The zero-order valence-corrected chi connectivity index (χ0v) is 6.60. The van der Waals surface area contributed by atoms with Crippen molar-refractivity contribution in [3.8, 4) is 0 Å². The molecule has 0 spiro atoms. The zero-order chi connectivity index (χ0) is 8.39. The fourth-order valence-electron chi connectivity index (χ4n) is 1.41. The van der Waals surface area contributed by atoms with E-state index in [1.165, 1.54) is 5.57 Å². The fraction of sp³-hybridized carbons (Fsp3) is 0.200. The first-order chi connectivity index (χ1) is 5.86. The number of hydrogen-bond acceptors (Lipinski definition) is 1. The smallest absolute Gasteiger partial charge is 0.246 e. The summed E-state index contributed by atoms with van der Waals surface area (Å²) in [6.45, 7) is 0. The minimum Gasteiger partial charge on any atom is -0.273 e. The van der Waals surface area contributed by atoms with Gasteiger partial charge in [0, 0.05) is 18.6 Å². The van der Waals surface area contributed by atoms with Crippen molar-refractivity contribution in [1.82, 2.24) is 0 Å². The van der Waals surface area contributed by atoms with Crippen molar-refractivity contribution < 1.29 is 4.79 Å². The molecule has 0 bridgehead atoms. The molecule has 1 atom stereocenters. The Kier molecular flexibility index (Phi) is 1.74. The number of amides is 1. The van der Waals surface area contributed by atoms with Crippen LogP contribution in [-0.2, 0) is 4.79 Å². The Morgan fingerprint density at radius 2 is 2.33 bits per heavy atom. The number of hydrogen-bond donors (Lipinski definition) is 0. The van der Waals surface area contributed by atoms with Gasteiger partial charge in [0.1, 0.15) is 0 Å². The standard InChI is InChI=1S/C10H9NO/c12-10-7-9-4-2-1-3-8(9)5-6-11-10/h1-6,9H,7H2. The van der Waals surface area contributed by atoms with E-state index in [-0.39, 0.29) is 11.8 Å². The summed E-state index contributed by atoms with van der Waals surface area (Å²) in [6.07, 6.45) is 12.0. The van der Waals surface area contributed by atoms with E-state index in [1.54, 1.807) is 6.21 Å². The third kappa shape index (κ3) is 1.28. The van der Waals surface area contributed by atoms with Gasteiger partial charge in [-0.2, -0.15) is 0 Å². The highest BCUT2D eigenvalue weighted by Gasteiger charge is 2.16. The van der Waals surface area contributed by atoms with E-state index >= 15 is 0 Å². The minimum absolute atomic E-state index is 0.0359. The van der Waals surface area contributed by atoms with Crippen molar-refractivity contribution in [3.63, 3.8) is 0 Å². The van der Waals surface area contributed by atoms with Crippen molar-refractivity contribution in [1.29, 1.82) is 0 Å².